The minimum atomic E-state index is -1.02. The van der Waals surface area contributed by atoms with Gasteiger partial charge in [-0.1, -0.05) is 6.42 Å². The lowest BCUT2D eigenvalue weighted by atomic mass is 9.83. The van der Waals surface area contributed by atoms with Crippen LogP contribution in [0.25, 0.3) is 0 Å². The van der Waals surface area contributed by atoms with E-state index in [0.717, 1.165) is 19.3 Å². The average Bonchev–Trinajstić information content (AvgIpc) is 2.70. The monoisotopic (exact) mass is 256 g/mol. The average molecular weight is 256 g/mol. The number of hydrogen-bond acceptors (Lipinski definition) is 4. The predicted molar refractivity (Wildman–Crippen MR) is 63.9 cm³/mol. The van der Waals surface area contributed by atoms with E-state index >= 15 is 0 Å². The lowest BCUT2D eigenvalue weighted by Gasteiger charge is -2.38. The van der Waals surface area contributed by atoms with Gasteiger partial charge in [0.1, 0.15) is 0 Å². The fourth-order valence-corrected chi connectivity index (χ4v) is 2.80. The third-order valence-electron chi connectivity index (χ3n) is 4.15. The van der Waals surface area contributed by atoms with Crippen LogP contribution < -0.4 is 5.73 Å². The molecule has 0 spiro atoms. The molecule has 1 saturated carbocycles. The van der Waals surface area contributed by atoms with Crippen molar-refractivity contribution in [3.8, 4) is 0 Å². The quantitative estimate of drug-likeness (QED) is 0.714. The van der Waals surface area contributed by atoms with Crippen LogP contribution in [0.5, 0.6) is 0 Å². The van der Waals surface area contributed by atoms with E-state index in [0.29, 0.717) is 6.54 Å². The number of hydrogen-bond donors (Lipinski definition) is 2. The predicted octanol–water partition coefficient (Wildman–Crippen LogP) is -0.184. The van der Waals surface area contributed by atoms with Gasteiger partial charge in [0, 0.05) is 12.6 Å². The molecule has 0 bridgehead atoms. The molecule has 2 aliphatic rings. The number of carboxylic acid groups (broad SMARTS) is 1. The minimum absolute atomic E-state index is 0.0259. The van der Waals surface area contributed by atoms with Crippen molar-refractivity contribution in [1.29, 1.82) is 0 Å². The summed E-state index contributed by atoms with van der Waals surface area (Å²) in [6.45, 7) is 2.73. The third kappa shape index (κ3) is 2.22. The summed E-state index contributed by atoms with van der Waals surface area (Å²) in [4.78, 5) is 25.0. The van der Waals surface area contributed by atoms with Gasteiger partial charge in [-0.25, -0.2) is 4.79 Å². The first-order valence-corrected chi connectivity index (χ1v) is 6.34. The first kappa shape index (κ1) is 13.3. The van der Waals surface area contributed by atoms with E-state index in [-0.39, 0.29) is 25.1 Å². The summed E-state index contributed by atoms with van der Waals surface area (Å²) in [7, 11) is 0. The van der Waals surface area contributed by atoms with Crippen molar-refractivity contribution in [2.75, 3.05) is 19.7 Å². The van der Waals surface area contributed by atoms with Crippen LogP contribution in [-0.4, -0.2) is 53.7 Å². The molecule has 0 aromatic heterocycles. The van der Waals surface area contributed by atoms with E-state index in [1.54, 1.807) is 4.90 Å². The number of carbonyl (C=O) groups excluding carboxylic acids is 1. The van der Waals surface area contributed by atoms with Crippen molar-refractivity contribution < 1.29 is 19.4 Å². The lowest BCUT2D eigenvalue weighted by molar-refractivity contribution is -0.162. The Kier molecular flexibility index (Phi) is 3.59. The summed E-state index contributed by atoms with van der Waals surface area (Å²) in [5.41, 5.74) is 5.48. The third-order valence-corrected chi connectivity index (χ3v) is 4.15. The van der Waals surface area contributed by atoms with Gasteiger partial charge in [-0.2, -0.15) is 0 Å². The highest BCUT2D eigenvalue weighted by atomic mass is 16.5. The van der Waals surface area contributed by atoms with E-state index in [9.17, 15) is 9.59 Å². The summed E-state index contributed by atoms with van der Waals surface area (Å²) in [6, 6.07) is -0.129. The normalized spacial score (nSPS) is 36.7. The van der Waals surface area contributed by atoms with Crippen LogP contribution in [-0.2, 0) is 14.3 Å². The molecular formula is C12H20N2O4. The maximum absolute atomic E-state index is 12.5. The second-order valence-electron chi connectivity index (χ2n) is 5.37. The highest BCUT2D eigenvalue weighted by Gasteiger charge is 2.46. The van der Waals surface area contributed by atoms with Gasteiger partial charge >= 0.3 is 5.97 Å². The van der Waals surface area contributed by atoms with Crippen LogP contribution in [0.2, 0.25) is 0 Å². The van der Waals surface area contributed by atoms with Crippen LogP contribution >= 0.6 is 0 Å². The first-order chi connectivity index (χ1) is 8.45. The Bertz CT molecular complexity index is 360. The summed E-state index contributed by atoms with van der Waals surface area (Å²) < 4.78 is 5.12. The Morgan fingerprint density at radius 2 is 2.22 bits per heavy atom. The molecule has 3 N–H and O–H groups in total. The standard InChI is InChI=1S/C12H20N2O4/c1-12(4-2-3-9(12)13)11(17)14-5-6-18-8(7-14)10(15)16/h8-9H,2-7,13H2,1H3,(H,15,16). The van der Waals surface area contributed by atoms with Gasteiger partial charge in [0.25, 0.3) is 0 Å². The zero-order chi connectivity index (χ0) is 13.3. The number of carbonyl (C=O) groups is 2. The smallest absolute Gasteiger partial charge is 0.334 e. The highest BCUT2D eigenvalue weighted by molar-refractivity contribution is 5.84. The summed E-state index contributed by atoms with van der Waals surface area (Å²) in [5.74, 6) is -1.05. The van der Waals surface area contributed by atoms with E-state index in [4.69, 9.17) is 15.6 Å². The van der Waals surface area contributed by atoms with Crippen molar-refractivity contribution in [1.82, 2.24) is 4.90 Å². The molecule has 6 nitrogen and oxygen atoms in total. The molecule has 102 valence electrons. The molecule has 0 aromatic carbocycles. The largest absolute Gasteiger partial charge is 0.479 e. The summed E-state index contributed by atoms with van der Waals surface area (Å²) >= 11 is 0. The van der Waals surface area contributed by atoms with Crippen LogP contribution in [0, 0.1) is 5.41 Å². The van der Waals surface area contributed by atoms with Crippen molar-refractivity contribution in [3.05, 3.63) is 0 Å². The van der Waals surface area contributed by atoms with Crippen LogP contribution in [0.4, 0.5) is 0 Å². The number of ether oxygens (including phenoxy) is 1. The molecule has 0 aromatic rings. The van der Waals surface area contributed by atoms with E-state index in [1.165, 1.54) is 0 Å². The number of amides is 1. The molecular weight excluding hydrogens is 236 g/mol. The van der Waals surface area contributed by atoms with Gasteiger partial charge in [-0.05, 0) is 19.8 Å². The molecule has 2 fully saturated rings. The summed E-state index contributed by atoms with van der Waals surface area (Å²) in [6.07, 6.45) is 1.68. The molecule has 1 aliphatic carbocycles. The second kappa shape index (κ2) is 4.85. The number of carboxylic acids is 1. The van der Waals surface area contributed by atoms with E-state index < -0.39 is 17.5 Å². The van der Waals surface area contributed by atoms with Gasteiger partial charge in [-0.15, -0.1) is 0 Å². The van der Waals surface area contributed by atoms with Gasteiger partial charge in [0.15, 0.2) is 6.10 Å². The summed E-state index contributed by atoms with van der Waals surface area (Å²) in [5, 5.41) is 8.93. The first-order valence-electron chi connectivity index (χ1n) is 6.34. The zero-order valence-electron chi connectivity index (χ0n) is 10.6. The highest BCUT2D eigenvalue weighted by Crippen LogP contribution is 2.38. The van der Waals surface area contributed by atoms with Gasteiger partial charge in [-0.3, -0.25) is 4.79 Å². The van der Waals surface area contributed by atoms with Gasteiger partial charge in [0.2, 0.25) is 5.91 Å². The van der Waals surface area contributed by atoms with Crippen LogP contribution in [0.15, 0.2) is 0 Å². The number of aliphatic carboxylic acids is 1. The molecule has 18 heavy (non-hydrogen) atoms. The number of rotatable bonds is 2. The lowest BCUT2D eigenvalue weighted by Crippen LogP contribution is -2.55. The van der Waals surface area contributed by atoms with Crippen molar-refractivity contribution in [3.63, 3.8) is 0 Å². The Labute approximate surface area is 106 Å². The molecule has 1 amide bonds. The zero-order valence-corrected chi connectivity index (χ0v) is 10.6. The molecule has 1 saturated heterocycles. The maximum Gasteiger partial charge on any atom is 0.334 e. The van der Waals surface area contributed by atoms with E-state index in [1.807, 2.05) is 6.92 Å². The minimum Gasteiger partial charge on any atom is -0.479 e. The molecule has 1 heterocycles. The fraction of sp³-hybridized carbons (Fsp3) is 0.833. The molecule has 0 radical (unpaired) electrons. The van der Waals surface area contributed by atoms with Crippen LogP contribution in [0.3, 0.4) is 0 Å². The van der Waals surface area contributed by atoms with Crippen LogP contribution in [0.1, 0.15) is 26.2 Å². The Hall–Kier alpha value is -1.14. The van der Waals surface area contributed by atoms with Gasteiger partial charge in [0.05, 0.1) is 18.6 Å². The Balaban J connectivity index is 2.07. The van der Waals surface area contributed by atoms with Crippen molar-refractivity contribution >= 4 is 11.9 Å². The SMILES string of the molecule is CC1(C(=O)N2CCOC(C(=O)O)C2)CCCC1N. The molecule has 3 atom stereocenters. The molecule has 1 aliphatic heterocycles. The van der Waals surface area contributed by atoms with Crippen molar-refractivity contribution in [2.24, 2.45) is 11.1 Å². The number of morpholine rings is 1. The molecule has 3 unspecified atom stereocenters. The van der Waals surface area contributed by atoms with Crippen molar-refractivity contribution in [2.45, 2.75) is 38.3 Å². The number of nitrogens with two attached hydrogens (primary N) is 1. The molecule has 2 rings (SSSR count). The van der Waals surface area contributed by atoms with E-state index in [2.05, 4.69) is 0 Å². The Morgan fingerprint density at radius 3 is 2.78 bits per heavy atom. The Morgan fingerprint density at radius 1 is 1.50 bits per heavy atom. The second-order valence-corrected chi connectivity index (χ2v) is 5.37. The molecule has 6 heteroatoms. The number of nitrogens with zero attached hydrogens (tertiary/aromatic N) is 1. The maximum atomic E-state index is 12.5. The fourth-order valence-electron chi connectivity index (χ4n) is 2.80. The van der Waals surface area contributed by atoms with Gasteiger partial charge < -0.3 is 20.5 Å². The topological polar surface area (TPSA) is 92.9 Å².